The average molecular weight is 376 g/mol. The Morgan fingerprint density at radius 3 is 2.91 bits per heavy atom. The molecule has 3 rings (SSSR count). The van der Waals surface area contributed by atoms with E-state index >= 15 is 0 Å². The summed E-state index contributed by atoms with van der Waals surface area (Å²) < 4.78 is 12.2. The maximum Gasteiger partial charge on any atom is 0.241 e. The minimum absolute atomic E-state index is 0.155. The Balaban J connectivity index is 2.18. The SMILES string of the molecule is CO[C@@]1(O)[C@H](O)[C@@H](CO)O[C@H]1n1c(Br)nc2c(N)ncnc21. The van der Waals surface area contributed by atoms with Gasteiger partial charge in [0.2, 0.25) is 5.79 Å². The number of halogens is 1. The van der Waals surface area contributed by atoms with Gasteiger partial charge in [-0.2, -0.15) is 0 Å². The second-order valence-electron chi connectivity index (χ2n) is 4.79. The van der Waals surface area contributed by atoms with Crippen molar-refractivity contribution in [2.24, 2.45) is 0 Å². The average Bonchev–Trinajstić information content (AvgIpc) is 2.96. The van der Waals surface area contributed by atoms with Crippen LogP contribution in [0.3, 0.4) is 0 Å². The van der Waals surface area contributed by atoms with Gasteiger partial charge in [0.05, 0.1) is 6.61 Å². The van der Waals surface area contributed by atoms with E-state index in [2.05, 4.69) is 30.9 Å². The number of imidazole rings is 1. The molecule has 1 aliphatic rings. The lowest BCUT2D eigenvalue weighted by Crippen LogP contribution is -2.48. The largest absolute Gasteiger partial charge is 0.394 e. The van der Waals surface area contributed by atoms with Crippen molar-refractivity contribution in [2.75, 3.05) is 19.5 Å². The summed E-state index contributed by atoms with van der Waals surface area (Å²) >= 11 is 3.23. The highest BCUT2D eigenvalue weighted by Crippen LogP contribution is 2.42. The maximum absolute atomic E-state index is 10.6. The molecule has 0 unspecified atom stereocenters. The third-order valence-electron chi connectivity index (χ3n) is 3.64. The van der Waals surface area contributed by atoms with Crippen molar-refractivity contribution in [2.45, 2.75) is 24.2 Å². The predicted molar refractivity (Wildman–Crippen MR) is 76.4 cm³/mol. The minimum Gasteiger partial charge on any atom is -0.394 e. The molecule has 1 fully saturated rings. The highest BCUT2D eigenvalue weighted by Gasteiger charge is 2.57. The number of anilines is 1. The normalized spacial score (nSPS) is 32.0. The summed E-state index contributed by atoms with van der Waals surface area (Å²) in [6, 6.07) is 0. The number of nitrogens with zero attached hydrogens (tertiary/aromatic N) is 4. The van der Waals surface area contributed by atoms with Crippen LogP contribution in [0.5, 0.6) is 0 Å². The molecular formula is C11H14BrN5O5. The number of hydrogen-bond acceptors (Lipinski definition) is 9. The fourth-order valence-corrected chi connectivity index (χ4v) is 3.00. The van der Waals surface area contributed by atoms with Crippen molar-refractivity contribution in [1.29, 1.82) is 0 Å². The molecule has 0 amide bonds. The number of nitrogen functional groups attached to an aromatic ring is 1. The number of hydrogen-bond donors (Lipinski definition) is 4. The summed E-state index contributed by atoms with van der Waals surface area (Å²) in [5.74, 6) is -1.94. The summed E-state index contributed by atoms with van der Waals surface area (Å²) in [5.41, 5.74) is 6.33. The van der Waals surface area contributed by atoms with Gasteiger partial charge in [0.1, 0.15) is 18.5 Å². The summed E-state index contributed by atoms with van der Waals surface area (Å²) in [6.45, 7) is -0.495. The Bertz CT molecular complexity index is 711. The van der Waals surface area contributed by atoms with Crippen LogP contribution in [0.25, 0.3) is 11.2 Å². The zero-order valence-electron chi connectivity index (χ0n) is 11.4. The van der Waals surface area contributed by atoms with Gasteiger partial charge in [-0.3, -0.25) is 4.57 Å². The number of ether oxygens (including phenoxy) is 2. The van der Waals surface area contributed by atoms with Gasteiger partial charge in [-0.05, 0) is 15.9 Å². The Kier molecular flexibility index (Phi) is 3.79. The highest BCUT2D eigenvalue weighted by molar-refractivity contribution is 9.10. The molecule has 0 bridgehead atoms. The Morgan fingerprint density at radius 2 is 2.27 bits per heavy atom. The van der Waals surface area contributed by atoms with E-state index in [0.717, 1.165) is 0 Å². The summed E-state index contributed by atoms with van der Waals surface area (Å²) in [7, 11) is 1.22. The van der Waals surface area contributed by atoms with Gasteiger partial charge >= 0.3 is 0 Å². The van der Waals surface area contributed by atoms with Crippen LogP contribution in [0.15, 0.2) is 11.1 Å². The molecule has 1 aliphatic heterocycles. The molecule has 1 saturated heterocycles. The number of aromatic nitrogens is 4. The van der Waals surface area contributed by atoms with Crippen molar-refractivity contribution in [3.8, 4) is 0 Å². The van der Waals surface area contributed by atoms with E-state index in [4.69, 9.17) is 15.2 Å². The fourth-order valence-electron chi connectivity index (χ4n) is 2.47. The quantitative estimate of drug-likeness (QED) is 0.381. The van der Waals surface area contributed by atoms with Gasteiger partial charge in [-0.1, -0.05) is 0 Å². The predicted octanol–water partition coefficient (Wildman–Crippen LogP) is -1.24. The lowest BCUT2D eigenvalue weighted by molar-refractivity contribution is -0.264. The maximum atomic E-state index is 10.6. The van der Waals surface area contributed by atoms with Gasteiger partial charge in [0.25, 0.3) is 0 Å². The smallest absolute Gasteiger partial charge is 0.241 e. The molecule has 0 aliphatic carbocycles. The molecular weight excluding hydrogens is 362 g/mol. The van der Waals surface area contributed by atoms with Crippen LogP contribution in [-0.4, -0.2) is 66.6 Å². The van der Waals surface area contributed by atoms with Gasteiger partial charge in [-0.25, -0.2) is 15.0 Å². The number of aliphatic hydroxyl groups is 3. The second kappa shape index (κ2) is 5.37. The van der Waals surface area contributed by atoms with Crippen molar-refractivity contribution < 1.29 is 24.8 Å². The van der Waals surface area contributed by atoms with Gasteiger partial charge < -0.3 is 30.5 Å². The zero-order chi connectivity index (χ0) is 16.1. The van der Waals surface area contributed by atoms with Crippen molar-refractivity contribution >= 4 is 32.9 Å². The molecule has 3 heterocycles. The molecule has 0 aromatic carbocycles. The van der Waals surface area contributed by atoms with Crippen LogP contribution < -0.4 is 5.73 Å². The van der Waals surface area contributed by atoms with Crippen molar-refractivity contribution in [3.05, 3.63) is 11.1 Å². The molecule has 4 atom stereocenters. The Labute approximate surface area is 132 Å². The van der Waals surface area contributed by atoms with E-state index in [1.807, 2.05) is 0 Å². The van der Waals surface area contributed by atoms with Crippen LogP contribution in [0.2, 0.25) is 0 Å². The molecule has 2 aromatic rings. The first-order valence-electron chi connectivity index (χ1n) is 6.29. The van der Waals surface area contributed by atoms with Crippen molar-refractivity contribution in [3.63, 3.8) is 0 Å². The highest BCUT2D eigenvalue weighted by atomic mass is 79.9. The monoisotopic (exact) mass is 375 g/mol. The van der Waals surface area contributed by atoms with Crippen molar-refractivity contribution in [1.82, 2.24) is 19.5 Å². The second-order valence-corrected chi connectivity index (χ2v) is 5.50. The summed E-state index contributed by atoms with van der Waals surface area (Å²) in [5, 5.41) is 30.0. The standard InChI is InChI=1S/C11H14BrN5O5/c1-21-11(20)6(19)4(2-18)22-9(11)17-8-5(16-10(17)12)7(13)14-3-15-8/h3-4,6,9,18-20H,2H2,1H3,(H2,13,14,15)/t4-,6-,9-,11+/m1/s1. The molecule has 2 aromatic heterocycles. The zero-order valence-corrected chi connectivity index (χ0v) is 13.0. The van der Waals surface area contributed by atoms with Gasteiger partial charge in [0, 0.05) is 7.11 Å². The lowest BCUT2D eigenvalue weighted by Gasteiger charge is -2.30. The topological polar surface area (TPSA) is 149 Å². The molecule has 22 heavy (non-hydrogen) atoms. The molecule has 11 heteroatoms. The molecule has 0 radical (unpaired) electrons. The van der Waals surface area contributed by atoms with E-state index in [-0.39, 0.29) is 16.2 Å². The van der Waals surface area contributed by atoms with Crippen LogP contribution in [0.1, 0.15) is 6.23 Å². The van der Waals surface area contributed by atoms with E-state index in [9.17, 15) is 15.3 Å². The fraction of sp³-hybridized carbons (Fsp3) is 0.545. The van der Waals surface area contributed by atoms with Gasteiger partial charge in [0.15, 0.2) is 27.9 Å². The van der Waals surface area contributed by atoms with E-state index < -0.39 is 30.8 Å². The van der Waals surface area contributed by atoms with E-state index in [0.29, 0.717) is 5.52 Å². The molecule has 10 nitrogen and oxygen atoms in total. The lowest BCUT2D eigenvalue weighted by atomic mass is 10.1. The van der Waals surface area contributed by atoms with Crippen LogP contribution in [-0.2, 0) is 9.47 Å². The van der Waals surface area contributed by atoms with E-state index in [1.165, 1.54) is 18.0 Å². The number of rotatable bonds is 3. The van der Waals surface area contributed by atoms with Crippen LogP contribution in [0, 0.1) is 0 Å². The molecule has 120 valence electrons. The third-order valence-corrected chi connectivity index (χ3v) is 4.20. The minimum atomic E-state index is -2.09. The summed E-state index contributed by atoms with van der Waals surface area (Å²) in [4.78, 5) is 12.1. The first kappa shape index (κ1) is 15.5. The third kappa shape index (κ3) is 2.01. The number of methoxy groups -OCH3 is 1. The number of aliphatic hydroxyl groups excluding tert-OH is 2. The first-order valence-corrected chi connectivity index (χ1v) is 7.09. The molecule has 5 N–H and O–H groups in total. The Hall–Kier alpha value is -1.37. The molecule has 0 saturated carbocycles. The van der Waals surface area contributed by atoms with Crippen LogP contribution in [0.4, 0.5) is 5.82 Å². The molecule has 0 spiro atoms. The number of nitrogens with two attached hydrogens (primary N) is 1. The Morgan fingerprint density at radius 1 is 1.55 bits per heavy atom. The summed E-state index contributed by atoms with van der Waals surface area (Å²) in [6.07, 6.45) is -2.45. The number of fused-ring (bicyclic) bond motifs is 1. The van der Waals surface area contributed by atoms with E-state index in [1.54, 1.807) is 0 Å². The van der Waals surface area contributed by atoms with Crippen LogP contribution >= 0.6 is 15.9 Å². The van der Waals surface area contributed by atoms with Gasteiger partial charge in [-0.15, -0.1) is 0 Å². The first-order chi connectivity index (χ1) is 10.4.